The van der Waals surface area contributed by atoms with Gasteiger partial charge in [0, 0.05) is 31.1 Å². The highest BCUT2D eigenvalue weighted by Gasteiger charge is 2.21. The molecule has 0 aliphatic heterocycles. The van der Waals surface area contributed by atoms with Crippen molar-refractivity contribution < 1.29 is 9.90 Å². The Morgan fingerprint density at radius 3 is 2.57 bits per heavy atom. The summed E-state index contributed by atoms with van der Waals surface area (Å²) < 4.78 is 0. The van der Waals surface area contributed by atoms with Gasteiger partial charge in [-0.2, -0.15) is 0 Å². The van der Waals surface area contributed by atoms with Crippen LogP contribution in [0.5, 0.6) is 0 Å². The van der Waals surface area contributed by atoms with Gasteiger partial charge in [-0.3, -0.25) is 9.69 Å². The monoisotopic (exact) mass is 289 g/mol. The molecule has 0 spiro atoms. The first-order chi connectivity index (χ1) is 10.2. The topological polar surface area (TPSA) is 40.5 Å². The molecule has 1 aliphatic rings. The lowest BCUT2D eigenvalue weighted by atomic mass is 9.93. The molecule has 0 saturated heterocycles. The van der Waals surface area contributed by atoms with Gasteiger partial charge in [-0.15, -0.1) is 0 Å². The standard InChI is InChI=1S/C18H27NO2/c1-15-7-5-6-10-17(15)18(21)11-12-19(13-14-20)16-8-3-2-4-9-16/h5-7,10,16,20H,2-4,8-9,11-14H2,1H3. The summed E-state index contributed by atoms with van der Waals surface area (Å²) in [5.41, 5.74) is 1.89. The van der Waals surface area contributed by atoms with Gasteiger partial charge >= 0.3 is 0 Å². The van der Waals surface area contributed by atoms with Gasteiger partial charge in [0.05, 0.1) is 6.61 Å². The fourth-order valence-electron chi connectivity index (χ4n) is 3.32. The highest BCUT2D eigenvalue weighted by molar-refractivity contribution is 5.97. The largest absolute Gasteiger partial charge is 0.395 e. The van der Waals surface area contributed by atoms with Gasteiger partial charge in [-0.1, -0.05) is 43.5 Å². The van der Waals surface area contributed by atoms with E-state index in [1.54, 1.807) is 0 Å². The van der Waals surface area contributed by atoms with Crippen molar-refractivity contribution in [3.05, 3.63) is 35.4 Å². The summed E-state index contributed by atoms with van der Waals surface area (Å²) in [6, 6.07) is 8.34. The molecule has 0 aromatic heterocycles. The maximum absolute atomic E-state index is 12.4. The van der Waals surface area contributed by atoms with E-state index in [4.69, 9.17) is 0 Å². The van der Waals surface area contributed by atoms with E-state index in [-0.39, 0.29) is 12.4 Å². The lowest BCUT2D eigenvalue weighted by Gasteiger charge is -2.33. The number of hydrogen-bond acceptors (Lipinski definition) is 3. The van der Waals surface area contributed by atoms with Crippen LogP contribution < -0.4 is 0 Å². The minimum absolute atomic E-state index is 0.176. The van der Waals surface area contributed by atoms with Crippen LogP contribution in [-0.2, 0) is 0 Å². The Morgan fingerprint density at radius 2 is 1.90 bits per heavy atom. The van der Waals surface area contributed by atoms with Crippen LogP contribution in [-0.4, -0.2) is 41.5 Å². The summed E-state index contributed by atoms with van der Waals surface area (Å²) in [5, 5.41) is 9.27. The molecule has 0 unspecified atom stereocenters. The van der Waals surface area contributed by atoms with Gasteiger partial charge in [0.2, 0.25) is 0 Å². The third-order valence-electron chi connectivity index (χ3n) is 4.55. The third kappa shape index (κ3) is 4.65. The third-order valence-corrected chi connectivity index (χ3v) is 4.55. The van der Waals surface area contributed by atoms with Crippen LogP contribution in [0, 0.1) is 6.92 Å². The number of ketones is 1. The lowest BCUT2D eigenvalue weighted by molar-refractivity contribution is 0.0903. The van der Waals surface area contributed by atoms with Crippen molar-refractivity contribution in [1.82, 2.24) is 4.90 Å². The van der Waals surface area contributed by atoms with Gasteiger partial charge in [0.25, 0.3) is 0 Å². The molecule has 1 aliphatic carbocycles. The number of benzene rings is 1. The summed E-state index contributed by atoms with van der Waals surface area (Å²) in [7, 11) is 0. The van der Waals surface area contributed by atoms with E-state index in [1.165, 1.54) is 32.1 Å². The van der Waals surface area contributed by atoms with E-state index >= 15 is 0 Å². The van der Waals surface area contributed by atoms with Crippen LogP contribution in [0.25, 0.3) is 0 Å². The SMILES string of the molecule is Cc1ccccc1C(=O)CCN(CCO)C1CCCCC1. The smallest absolute Gasteiger partial charge is 0.164 e. The molecule has 3 nitrogen and oxygen atoms in total. The zero-order valence-corrected chi connectivity index (χ0v) is 13.1. The molecule has 116 valence electrons. The Hall–Kier alpha value is -1.19. The van der Waals surface area contributed by atoms with Gasteiger partial charge in [0.1, 0.15) is 0 Å². The van der Waals surface area contributed by atoms with Crippen LogP contribution in [0.2, 0.25) is 0 Å². The maximum Gasteiger partial charge on any atom is 0.164 e. The molecule has 0 bridgehead atoms. The van der Waals surface area contributed by atoms with Gasteiger partial charge in [0.15, 0.2) is 5.78 Å². The minimum Gasteiger partial charge on any atom is -0.395 e. The van der Waals surface area contributed by atoms with E-state index < -0.39 is 0 Å². The highest BCUT2D eigenvalue weighted by atomic mass is 16.3. The second-order valence-corrected chi connectivity index (χ2v) is 6.04. The number of carbonyl (C=O) groups is 1. The molecular formula is C18H27NO2. The molecule has 21 heavy (non-hydrogen) atoms. The number of aryl methyl sites for hydroxylation is 1. The molecule has 0 radical (unpaired) electrons. The zero-order chi connectivity index (χ0) is 15.1. The van der Waals surface area contributed by atoms with Crippen LogP contribution >= 0.6 is 0 Å². The first kappa shape index (κ1) is 16.2. The second kappa shape index (κ2) is 8.30. The van der Waals surface area contributed by atoms with Crippen molar-refractivity contribution in [2.75, 3.05) is 19.7 Å². The fourth-order valence-corrected chi connectivity index (χ4v) is 3.32. The molecule has 3 heteroatoms. The number of aliphatic hydroxyl groups is 1. The molecule has 1 saturated carbocycles. The first-order valence-corrected chi connectivity index (χ1v) is 8.16. The normalized spacial score (nSPS) is 16.3. The Labute approximate surface area is 128 Å². The second-order valence-electron chi connectivity index (χ2n) is 6.04. The van der Waals surface area contributed by atoms with Crippen LogP contribution in [0.3, 0.4) is 0 Å². The van der Waals surface area contributed by atoms with Crippen LogP contribution in [0.1, 0.15) is 54.4 Å². The molecule has 1 aromatic carbocycles. The van der Waals surface area contributed by atoms with E-state index in [2.05, 4.69) is 4.90 Å². The molecule has 1 aromatic rings. The molecule has 0 amide bonds. The molecule has 1 N–H and O–H groups in total. The van der Waals surface area contributed by atoms with Gasteiger partial charge in [-0.05, 0) is 25.3 Å². The van der Waals surface area contributed by atoms with E-state index in [1.807, 2.05) is 31.2 Å². The number of nitrogens with zero attached hydrogens (tertiary/aromatic N) is 1. The first-order valence-electron chi connectivity index (χ1n) is 8.16. The van der Waals surface area contributed by atoms with Crippen molar-refractivity contribution in [2.45, 2.75) is 51.5 Å². The Kier molecular flexibility index (Phi) is 6.40. The molecule has 0 atom stereocenters. The number of aliphatic hydroxyl groups excluding tert-OH is 1. The van der Waals surface area contributed by atoms with Gasteiger partial charge in [-0.25, -0.2) is 0 Å². The van der Waals surface area contributed by atoms with Crippen LogP contribution in [0.15, 0.2) is 24.3 Å². The number of carbonyl (C=O) groups excluding carboxylic acids is 1. The summed E-state index contributed by atoms with van der Waals surface area (Å²) in [6.07, 6.45) is 6.83. The highest BCUT2D eigenvalue weighted by Crippen LogP contribution is 2.23. The average Bonchev–Trinajstić information content (AvgIpc) is 2.52. The Bertz CT molecular complexity index is 452. The van der Waals surface area contributed by atoms with Gasteiger partial charge < -0.3 is 5.11 Å². The molecule has 0 heterocycles. The number of Topliss-reactive ketones (excluding diaryl/α,β-unsaturated/α-hetero) is 1. The number of rotatable bonds is 7. The number of hydrogen-bond donors (Lipinski definition) is 1. The quantitative estimate of drug-likeness (QED) is 0.784. The Morgan fingerprint density at radius 1 is 1.19 bits per heavy atom. The minimum atomic E-state index is 0.176. The van der Waals surface area contributed by atoms with Crippen molar-refractivity contribution in [3.63, 3.8) is 0 Å². The van der Waals surface area contributed by atoms with E-state index in [9.17, 15) is 9.90 Å². The van der Waals surface area contributed by atoms with Crippen molar-refractivity contribution >= 4 is 5.78 Å². The predicted octanol–water partition coefficient (Wildman–Crippen LogP) is 3.19. The molecular weight excluding hydrogens is 262 g/mol. The summed E-state index contributed by atoms with van der Waals surface area (Å²) >= 11 is 0. The summed E-state index contributed by atoms with van der Waals surface area (Å²) in [4.78, 5) is 14.7. The average molecular weight is 289 g/mol. The van der Waals surface area contributed by atoms with Crippen LogP contribution in [0.4, 0.5) is 0 Å². The fraction of sp³-hybridized carbons (Fsp3) is 0.611. The molecule has 2 rings (SSSR count). The maximum atomic E-state index is 12.4. The van der Waals surface area contributed by atoms with Crippen molar-refractivity contribution in [1.29, 1.82) is 0 Å². The summed E-state index contributed by atoms with van der Waals surface area (Å²) in [6.45, 7) is 3.61. The van der Waals surface area contributed by atoms with Crippen molar-refractivity contribution in [3.8, 4) is 0 Å². The van der Waals surface area contributed by atoms with Crippen molar-refractivity contribution in [2.24, 2.45) is 0 Å². The lowest BCUT2D eigenvalue weighted by Crippen LogP contribution is -2.40. The van der Waals surface area contributed by atoms with E-state index in [0.29, 0.717) is 19.0 Å². The zero-order valence-electron chi connectivity index (χ0n) is 13.1. The summed E-state index contributed by atoms with van der Waals surface area (Å²) in [5.74, 6) is 0.215. The predicted molar refractivity (Wildman–Crippen MR) is 85.7 cm³/mol. The molecule has 1 fully saturated rings. The Balaban J connectivity index is 1.91. The van der Waals surface area contributed by atoms with E-state index in [0.717, 1.165) is 17.7 Å².